The summed E-state index contributed by atoms with van der Waals surface area (Å²) in [6, 6.07) is 12.8. The third-order valence-corrected chi connectivity index (χ3v) is 4.27. The monoisotopic (exact) mass is 371 g/mol. The van der Waals surface area contributed by atoms with Crippen LogP contribution in [0.15, 0.2) is 47.0 Å². The van der Waals surface area contributed by atoms with Crippen molar-refractivity contribution in [3.05, 3.63) is 58.6 Å². The molecule has 1 atom stereocenters. The minimum atomic E-state index is -0.740. The summed E-state index contributed by atoms with van der Waals surface area (Å²) in [7, 11) is 0. The van der Waals surface area contributed by atoms with Gasteiger partial charge in [-0.2, -0.15) is 4.98 Å². The summed E-state index contributed by atoms with van der Waals surface area (Å²) in [5.74, 6) is 0.620. The lowest BCUT2D eigenvalue weighted by Crippen LogP contribution is -2.30. The van der Waals surface area contributed by atoms with Crippen LogP contribution in [-0.4, -0.2) is 22.2 Å². The van der Waals surface area contributed by atoms with E-state index >= 15 is 0 Å². The second kappa shape index (κ2) is 7.58. The molecule has 0 saturated heterocycles. The number of hydrogen-bond acceptors (Lipinski definition) is 5. The van der Waals surface area contributed by atoms with Crippen molar-refractivity contribution in [1.29, 1.82) is 0 Å². The van der Waals surface area contributed by atoms with Gasteiger partial charge in [0.15, 0.2) is 6.10 Å². The first-order chi connectivity index (χ1) is 12.4. The molecule has 0 fully saturated rings. The van der Waals surface area contributed by atoms with Gasteiger partial charge in [0.25, 0.3) is 17.7 Å². The van der Waals surface area contributed by atoms with Gasteiger partial charge in [0.05, 0.1) is 0 Å². The highest BCUT2D eigenvalue weighted by Gasteiger charge is 2.19. The van der Waals surface area contributed by atoms with E-state index in [-0.39, 0.29) is 11.9 Å². The Morgan fingerprint density at radius 3 is 2.69 bits per heavy atom. The Kier molecular flexibility index (Phi) is 5.23. The summed E-state index contributed by atoms with van der Waals surface area (Å²) >= 11 is 5.99. The second-order valence-corrected chi connectivity index (χ2v) is 6.31. The van der Waals surface area contributed by atoms with Crippen LogP contribution in [0.4, 0.5) is 5.95 Å². The first kappa shape index (κ1) is 17.9. The van der Waals surface area contributed by atoms with Gasteiger partial charge in [-0.15, -0.1) is 0 Å². The molecule has 1 aromatic heterocycles. The molecule has 3 rings (SSSR count). The van der Waals surface area contributed by atoms with Crippen molar-refractivity contribution in [1.82, 2.24) is 10.1 Å². The topological polar surface area (TPSA) is 77.2 Å². The highest BCUT2D eigenvalue weighted by molar-refractivity contribution is 6.31. The van der Waals surface area contributed by atoms with E-state index in [1.54, 1.807) is 25.1 Å². The molecule has 134 valence electrons. The second-order valence-electron chi connectivity index (χ2n) is 5.90. The predicted octanol–water partition coefficient (Wildman–Crippen LogP) is 4.41. The van der Waals surface area contributed by atoms with Crippen LogP contribution in [0.3, 0.4) is 0 Å². The lowest BCUT2D eigenvalue weighted by Gasteiger charge is -2.14. The molecule has 0 aliphatic rings. The molecule has 1 amide bonds. The fourth-order valence-electron chi connectivity index (χ4n) is 2.36. The molecule has 0 radical (unpaired) electrons. The van der Waals surface area contributed by atoms with Crippen LogP contribution in [0.1, 0.15) is 18.1 Å². The van der Waals surface area contributed by atoms with Gasteiger partial charge in [-0.1, -0.05) is 29.8 Å². The third-order valence-electron chi connectivity index (χ3n) is 3.85. The summed E-state index contributed by atoms with van der Waals surface area (Å²) < 4.78 is 10.9. The van der Waals surface area contributed by atoms with E-state index in [0.29, 0.717) is 16.7 Å². The fourth-order valence-corrected chi connectivity index (χ4v) is 2.47. The Bertz CT molecular complexity index is 939. The number of rotatable bonds is 5. The smallest absolute Gasteiger partial charge is 0.270 e. The molecule has 3 aromatic rings. The maximum absolute atomic E-state index is 12.3. The molecule has 6 nitrogen and oxygen atoms in total. The van der Waals surface area contributed by atoms with E-state index in [2.05, 4.69) is 15.5 Å². The maximum Gasteiger partial charge on any atom is 0.270 e. The Labute approximate surface area is 156 Å². The molecule has 2 aromatic carbocycles. The Hall–Kier alpha value is -2.86. The van der Waals surface area contributed by atoms with Crippen LogP contribution in [0.25, 0.3) is 11.5 Å². The SMILES string of the molecule is Cc1cc(O[C@@H](C)C(=O)Nc2noc(-c3ccccc3C)n2)ccc1Cl. The maximum atomic E-state index is 12.3. The minimum Gasteiger partial charge on any atom is -0.481 e. The number of halogens is 1. The van der Waals surface area contributed by atoms with Crippen molar-refractivity contribution in [2.24, 2.45) is 0 Å². The zero-order chi connectivity index (χ0) is 18.7. The Morgan fingerprint density at radius 1 is 1.19 bits per heavy atom. The zero-order valence-electron chi connectivity index (χ0n) is 14.6. The van der Waals surface area contributed by atoms with Crippen LogP contribution >= 0.6 is 11.6 Å². The van der Waals surface area contributed by atoms with Crippen LogP contribution in [-0.2, 0) is 4.79 Å². The molecule has 0 saturated carbocycles. The normalized spacial score (nSPS) is 11.8. The molecule has 0 unspecified atom stereocenters. The zero-order valence-corrected chi connectivity index (χ0v) is 15.4. The van der Waals surface area contributed by atoms with Crippen molar-refractivity contribution in [3.8, 4) is 17.2 Å². The first-order valence-corrected chi connectivity index (χ1v) is 8.45. The summed E-state index contributed by atoms with van der Waals surface area (Å²) in [5.41, 5.74) is 2.70. The number of nitrogens with zero attached hydrogens (tertiary/aromatic N) is 2. The molecule has 0 aliphatic carbocycles. The number of carbonyl (C=O) groups is 1. The summed E-state index contributed by atoms with van der Waals surface area (Å²) in [6.45, 7) is 5.45. The van der Waals surface area contributed by atoms with Crippen LogP contribution in [0.5, 0.6) is 5.75 Å². The predicted molar refractivity (Wildman–Crippen MR) is 99.4 cm³/mol. The van der Waals surface area contributed by atoms with Gasteiger partial charge in [0, 0.05) is 10.6 Å². The van der Waals surface area contributed by atoms with Crippen molar-refractivity contribution < 1.29 is 14.1 Å². The first-order valence-electron chi connectivity index (χ1n) is 8.07. The average Bonchev–Trinajstić information content (AvgIpc) is 3.06. The van der Waals surface area contributed by atoms with Gasteiger partial charge in [0.1, 0.15) is 5.75 Å². The van der Waals surface area contributed by atoms with Gasteiger partial charge in [-0.3, -0.25) is 10.1 Å². The summed E-state index contributed by atoms with van der Waals surface area (Å²) in [4.78, 5) is 16.5. The highest BCUT2D eigenvalue weighted by Crippen LogP contribution is 2.23. The third kappa shape index (κ3) is 4.03. The number of aryl methyl sites for hydroxylation is 2. The quantitative estimate of drug-likeness (QED) is 0.718. The van der Waals surface area contributed by atoms with Crippen molar-refractivity contribution in [2.45, 2.75) is 26.9 Å². The molecular weight excluding hydrogens is 354 g/mol. The molecule has 1 N–H and O–H groups in total. The van der Waals surface area contributed by atoms with Crippen LogP contribution in [0, 0.1) is 13.8 Å². The number of aromatic nitrogens is 2. The molecule has 1 heterocycles. The van der Waals surface area contributed by atoms with Gasteiger partial charge in [0.2, 0.25) is 0 Å². The molecule has 0 aliphatic heterocycles. The van der Waals surface area contributed by atoms with Crippen LogP contribution < -0.4 is 10.1 Å². The molecule has 0 bridgehead atoms. The lowest BCUT2D eigenvalue weighted by molar-refractivity contribution is -0.122. The molecule has 26 heavy (non-hydrogen) atoms. The number of hydrogen-bond donors (Lipinski definition) is 1. The van der Waals surface area contributed by atoms with Crippen molar-refractivity contribution >= 4 is 23.5 Å². The van der Waals surface area contributed by atoms with Gasteiger partial charge in [-0.25, -0.2) is 0 Å². The number of nitrogens with one attached hydrogen (secondary N) is 1. The van der Waals surface area contributed by atoms with E-state index in [1.807, 2.05) is 38.1 Å². The lowest BCUT2D eigenvalue weighted by atomic mass is 10.1. The van der Waals surface area contributed by atoms with Gasteiger partial charge in [-0.05, 0) is 61.3 Å². The van der Waals surface area contributed by atoms with Crippen LogP contribution in [0.2, 0.25) is 5.02 Å². The number of amides is 1. The fraction of sp³-hybridized carbons (Fsp3) is 0.211. The minimum absolute atomic E-state index is 0.0935. The molecular formula is C19H18ClN3O3. The number of benzene rings is 2. The highest BCUT2D eigenvalue weighted by atomic mass is 35.5. The molecule has 7 heteroatoms. The summed E-state index contributed by atoms with van der Waals surface area (Å²) in [6.07, 6.45) is -0.740. The van der Waals surface area contributed by atoms with Gasteiger partial charge < -0.3 is 9.26 Å². The van der Waals surface area contributed by atoms with Crippen molar-refractivity contribution in [2.75, 3.05) is 5.32 Å². The standard InChI is InChI=1S/C19H18ClN3O3/c1-11-6-4-5-7-15(11)18-22-19(23-26-18)21-17(24)13(3)25-14-8-9-16(20)12(2)10-14/h4-10,13H,1-3H3,(H,21,23,24)/t13-/m0/s1. The Morgan fingerprint density at radius 2 is 1.96 bits per heavy atom. The van der Waals surface area contributed by atoms with E-state index in [9.17, 15) is 4.79 Å². The molecule has 0 spiro atoms. The Balaban J connectivity index is 1.66. The number of carbonyl (C=O) groups excluding carboxylic acids is 1. The van der Waals surface area contributed by atoms with Gasteiger partial charge >= 0.3 is 0 Å². The number of ether oxygens (including phenoxy) is 1. The van der Waals surface area contributed by atoms with E-state index in [4.69, 9.17) is 20.9 Å². The van der Waals surface area contributed by atoms with E-state index in [1.165, 1.54) is 0 Å². The summed E-state index contributed by atoms with van der Waals surface area (Å²) in [5, 5.41) is 7.03. The number of anilines is 1. The van der Waals surface area contributed by atoms with Crippen molar-refractivity contribution in [3.63, 3.8) is 0 Å². The van der Waals surface area contributed by atoms with E-state index in [0.717, 1.165) is 16.7 Å². The van der Waals surface area contributed by atoms with E-state index < -0.39 is 6.10 Å². The average molecular weight is 372 g/mol. The largest absolute Gasteiger partial charge is 0.481 e.